The van der Waals surface area contributed by atoms with E-state index in [0.29, 0.717) is 0 Å². The van der Waals surface area contributed by atoms with Crippen molar-refractivity contribution in [1.29, 1.82) is 0 Å². The largest absolute Gasteiger partial charge is 0.496 e. The highest BCUT2D eigenvalue weighted by atomic mass is 16.5. The molecule has 96 valence electrons. The molecule has 0 saturated carbocycles. The van der Waals surface area contributed by atoms with Crippen LogP contribution in [0.1, 0.15) is 23.1 Å². The Kier molecular flexibility index (Phi) is 3.87. The lowest BCUT2D eigenvalue weighted by Gasteiger charge is -2.26. The zero-order chi connectivity index (χ0) is 13.1. The Hall–Kier alpha value is -1.54. The van der Waals surface area contributed by atoms with Crippen LogP contribution >= 0.6 is 0 Å². The van der Waals surface area contributed by atoms with Gasteiger partial charge in [0.1, 0.15) is 5.76 Å². The predicted molar refractivity (Wildman–Crippen MR) is 74.4 cm³/mol. The van der Waals surface area contributed by atoms with Crippen LogP contribution in [0.3, 0.4) is 0 Å². The van der Waals surface area contributed by atoms with Crippen LogP contribution in [0.5, 0.6) is 0 Å². The Bertz CT molecular complexity index is 478. The van der Waals surface area contributed by atoms with Crippen LogP contribution in [0.4, 0.5) is 0 Å². The van der Waals surface area contributed by atoms with E-state index in [4.69, 9.17) is 9.47 Å². The highest BCUT2D eigenvalue weighted by Crippen LogP contribution is 2.34. The molecule has 0 aromatic heterocycles. The number of methoxy groups -OCH3 is 2. The summed E-state index contributed by atoms with van der Waals surface area (Å²) in [5.41, 5.74) is 4.94. The molecule has 1 aliphatic rings. The van der Waals surface area contributed by atoms with E-state index in [1.807, 2.05) is 6.08 Å². The highest BCUT2D eigenvalue weighted by Gasteiger charge is 2.24. The second-order valence-corrected chi connectivity index (χ2v) is 4.61. The second-order valence-electron chi connectivity index (χ2n) is 4.61. The van der Waals surface area contributed by atoms with E-state index in [9.17, 15) is 0 Å². The molecule has 18 heavy (non-hydrogen) atoms. The van der Waals surface area contributed by atoms with Gasteiger partial charge in [-0.1, -0.05) is 24.3 Å². The first-order valence-corrected chi connectivity index (χ1v) is 6.23. The van der Waals surface area contributed by atoms with Crippen molar-refractivity contribution in [2.45, 2.75) is 26.4 Å². The van der Waals surface area contributed by atoms with Crippen molar-refractivity contribution in [3.8, 4) is 0 Å². The zero-order valence-electron chi connectivity index (χ0n) is 11.5. The number of hydrogen-bond donors (Lipinski definition) is 0. The molecule has 0 N–H and O–H groups in total. The summed E-state index contributed by atoms with van der Waals surface area (Å²) >= 11 is 0. The molecule has 1 aromatic rings. The van der Waals surface area contributed by atoms with Gasteiger partial charge >= 0.3 is 0 Å². The van der Waals surface area contributed by atoms with Gasteiger partial charge in [0.2, 0.25) is 0 Å². The molecule has 2 nitrogen and oxygen atoms in total. The minimum atomic E-state index is 0.0738. The third-order valence-corrected chi connectivity index (χ3v) is 3.46. The molecule has 0 saturated heterocycles. The van der Waals surface area contributed by atoms with E-state index in [1.165, 1.54) is 16.7 Å². The topological polar surface area (TPSA) is 18.5 Å². The van der Waals surface area contributed by atoms with E-state index in [2.05, 4.69) is 38.1 Å². The monoisotopic (exact) mass is 244 g/mol. The van der Waals surface area contributed by atoms with E-state index in [0.717, 1.165) is 17.8 Å². The number of benzene rings is 1. The molecule has 2 rings (SSSR count). The lowest BCUT2D eigenvalue weighted by Crippen LogP contribution is -2.18. The molecule has 0 fully saturated rings. The Morgan fingerprint density at radius 1 is 1.11 bits per heavy atom. The number of hydrogen-bond acceptors (Lipinski definition) is 2. The summed E-state index contributed by atoms with van der Waals surface area (Å²) in [7, 11) is 3.47. The van der Waals surface area contributed by atoms with Gasteiger partial charge in [-0.2, -0.15) is 0 Å². The minimum absolute atomic E-state index is 0.0738. The fourth-order valence-corrected chi connectivity index (χ4v) is 2.58. The van der Waals surface area contributed by atoms with Crippen LogP contribution in [0.2, 0.25) is 0 Å². The first-order valence-electron chi connectivity index (χ1n) is 6.23. The molecule has 1 atom stereocenters. The summed E-state index contributed by atoms with van der Waals surface area (Å²) in [4.78, 5) is 0. The molecule has 1 aromatic carbocycles. The fraction of sp³-hybridized carbons (Fsp3) is 0.375. The molecule has 0 radical (unpaired) electrons. The van der Waals surface area contributed by atoms with E-state index in [-0.39, 0.29) is 6.10 Å². The molecule has 0 bridgehead atoms. The van der Waals surface area contributed by atoms with Gasteiger partial charge < -0.3 is 9.47 Å². The summed E-state index contributed by atoms with van der Waals surface area (Å²) in [6.07, 6.45) is 5.11. The quantitative estimate of drug-likeness (QED) is 0.808. The van der Waals surface area contributed by atoms with E-state index in [1.54, 1.807) is 14.2 Å². The molecule has 1 aliphatic carbocycles. The maximum Gasteiger partial charge on any atom is 0.124 e. The van der Waals surface area contributed by atoms with Gasteiger partial charge in [0.15, 0.2) is 0 Å². The summed E-state index contributed by atoms with van der Waals surface area (Å²) < 4.78 is 11.1. The van der Waals surface area contributed by atoms with Gasteiger partial charge in [-0.05, 0) is 43.0 Å². The predicted octanol–water partition coefficient (Wildman–Crippen LogP) is 3.64. The van der Waals surface area contributed by atoms with Gasteiger partial charge in [-0.3, -0.25) is 0 Å². The van der Waals surface area contributed by atoms with Crippen molar-refractivity contribution in [2.24, 2.45) is 0 Å². The van der Waals surface area contributed by atoms with Crippen LogP contribution in [0.25, 0.3) is 5.57 Å². The molecule has 0 spiro atoms. The summed E-state index contributed by atoms with van der Waals surface area (Å²) in [5.74, 6) is 0.908. The SMILES string of the molecule is COC1=C(c2c(C)cccc2C)C(OC)CC=C1. The number of rotatable bonds is 3. The Morgan fingerprint density at radius 2 is 1.78 bits per heavy atom. The third kappa shape index (κ3) is 2.21. The summed E-state index contributed by atoms with van der Waals surface area (Å²) in [6.45, 7) is 4.27. The molecule has 0 heterocycles. The van der Waals surface area contributed by atoms with Crippen LogP contribution in [0, 0.1) is 13.8 Å². The van der Waals surface area contributed by atoms with Crippen LogP contribution < -0.4 is 0 Å². The van der Waals surface area contributed by atoms with Gasteiger partial charge in [0, 0.05) is 12.7 Å². The average molecular weight is 244 g/mol. The van der Waals surface area contributed by atoms with Gasteiger partial charge in [0.05, 0.1) is 13.2 Å². The van der Waals surface area contributed by atoms with Crippen molar-refractivity contribution in [3.63, 3.8) is 0 Å². The molecular formula is C16H20O2. The molecule has 0 amide bonds. The summed E-state index contributed by atoms with van der Waals surface area (Å²) in [6, 6.07) is 6.35. The van der Waals surface area contributed by atoms with Crippen molar-refractivity contribution in [3.05, 3.63) is 52.8 Å². The van der Waals surface area contributed by atoms with E-state index >= 15 is 0 Å². The number of allylic oxidation sites excluding steroid dienone is 1. The maximum atomic E-state index is 5.61. The summed E-state index contributed by atoms with van der Waals surface area (Å²) in [5, 5.41) is 0. The Morgan fingerprint density at radius 3 is 2.33 bits per heavy atom. The normalized spacial score (nSPS) is 19.2. The standard InChI is InChI=1S/C16H20O2/c1-11-7-5-8-12(2)15(11)16-13(17-3)9-6-10-14(16)18-4/h5-9,14H,10H2,1-4H3. The van der Waals surface area contributed by atoms with Crippen molar-refractivity contribution >= 4 is 5.57 Å². The van der Waals surface area contributed by atoms with Crippen molar-refractivity contribution in [1.82, 2.24) is 0 Å². The van der Waals surface area contributed by atoms with Crippen LogP contribution in [-0.4, -0.2) is 20.3 Å². The molecule has 2 heteroatoms. The second kappa shape index (κ2) is 5.40. The number of ether oxygens (including phenoxy) is 2. The molecule has 1 unspecified atom stereocenters. The highest BCUT2D eigenvalue weighted by molar-refractivity contribution is 5.77. The van der Waals surface area contributed by atoms with Gasteiger partial charge in [-0.25, -0.2) is 0 Å². The van der Waals surface area contributed by atoms with Crippen LogP contribution in [-0.2, 0) is 9.47 Å². The molecular weight excluding hydrogens is 224 g/mol. The van der Waals surface area contributed by atoms with Crippen molar-refractivity contribution < 1.29 is 9.47 Å². The van der Waals surface area contributed by atoms with E-state index < -0.39 is 0 Å². The van der Waals surface area contributed by atoms with Gasteiger partial charge in [0.25, 0.3) is 0 Å². The third-order valence-electron chi connectivity index (χ3n) is 3.46. The average Bonchev–Trinajstić information content (AvgIpc) is 2.38. The van der Waals surface area contributed by atoms with Crippen molar-refractivity contribution in [2.75, 3.05) is 14.2 Å². The minimum Gasteiger partial charge on any atom is -0.496 e. The first-order chi connectivity index (χ1) is 8.69. The Labute approximate surface area is 109 Å². The first kappa shape index (κ1) is 12.9. The van der Waals surface area contributed by atoms with Crippen LogP contribution in [0.15, 0.2) is 36.1 Å². The zero-order valence-corrected chi connectivity index (χ0v) is 11.5. The number of aryl methyl sites for hydroxylation is 2. The molecule has 0 aliphatic heterocycles. The maximum absolute atomic E-state index is 5.61. The fourth-order valence-electron chi connectivity index (χ4n) is 2.58. The lowest BCUT2D eigenvalue weighted by molar-refractivity contribution is 0.145. The smallest absolute Gasteiger partial charge is 0.124 e. The Balaban J connectivity index is 2.63. The lowest BCUT2D eigenvalue weighted by atomic mass is 9.88. The van der Waals surface area contributed by atoms with Gasteiger partial charge in [-0.15, -0.1) is 0 Å².